The van der Waals surface area contributed by atoms with E-state index in [1.165, 1.54) is 0 Å². The summed E-state index contributed by atoms with van der Waals surface area (Å²) in [4.78, 5) is 36.6. The summed E-state index contributed by atoms with van der Waals surface area (Å²) < 4.78 is 4.69. The van der Waals surface area contributed by atoms with Gasteiger partial charge in [0.05, 0.1) is 12.1 Å². The van der Waals surface area contributed by atoms with Crippen LogP contribution in [-0.4, -0.2) is 46.0 Å². The van der Waals surface area contributed by atoms with Gasteiger partial charge in [0.25, 0.3) is 0 Å². The smallest absolute Gasteiger partial charge is 0.344 e. The lowest BCUT2D eigenvalue weighted by Crippen LogP contribution is -2.52. The van der Waals surface area contributed by atoms with Crippen molar-refractivity contribution in [2.24, 2.45) is 23.7 Å². The number of carbonyl (C=O) groups is 3. The Kier molecular flexibility index (Phi) is 6.24. The number of rotatable bonds is 4. The van der Waals surface area contributed by atoms with E-state index >= 15 is 0 Å². The monoisotopic (exact) mass is 416 g/mol. The zero-order valence-corrected chi connectivity index (χ0v) is 16.9. The predicted octanol–water partition coefficient (Wildman–Crippen LogP) is 2.68. The minimum atomic E-state index is -2.45. The maximum Gasteiger partial charge on any atom is 0.344 e. The number of hydrogen-bond donors (Lipinski definition) is 2. The first-order valence-electron chi connectivity index (χ1n) is 8.50. The van der Waals surface area contributed by atoms with Crippen molar-refractivity contribution in [3.05, 3.63) is 34.4 Å². The van der Waals surface area contributed by atoms with Crippen molar-refractivity contribution in [2.75, 3.05) is 7.11 Å². The molecule has 2 rings (SSSR count). The third kappa shape index (κ3) is 3.24. The fraction of sp³-hybridized carbons (Fsp3) is 0.526. The van der Waals surface area contributed by atoms with Crippen molar-refractivity contribution < 1.29 is 29.3 Å². The number of ketones is 1. The second kappa shape index (κ2) is 7.78. The van der Waals surface area contributed by atoms with E-state index in [1.807, 2.05) is 13.8 Å². The summed E-state index contributed by atoms with van der Waals surface area (Å²) in [6.07, 6.45) is 4.99. The Balaban J connectivity index is 2.77. The normalized spacial score (nSPS) is 36.9. The van der Waals surface area contributed by atoms with Crippen molar-refractivity contribution in [2.45, 2.75) is 31.7 Å². The van der Waals surface area contributed by atoms with Crippen LogP contribution >= 0.6 is 23.2 Å². The van der Waals surface area contributed by atoms with Gasteiger partial charge in [-0.1, -0.05) is 43.7 Å². The van der Waals surface area contributed by atoms with Crippen LogP contribution in [0.3, 0.4) is 0 Å². The van der Waals surface area contributed by atoms with Crippen molar-refractivity contribution in [1.29, 1.82) is 0 Å². The Hall–Kier alpha value is -1.63. The maximum atomic E-state index is 12.4. The molecule has 2 aliphatic rings. The van der Waals surface area contributed by atoms with Crippen LogP contribution in [0.1, 0.15) is 20.8 Å². The number of hydrogen-bond acceptors (Lipinski definition) is 5. The zero-order chi connectivity index (χ0) is 20.7. The van der Waals surface area contributed by atoms with E-state index < -0.39 is 40.5 Å². The van der Waals surface area contributed by atoms with Gasteiger partial charge in [-0.2, -0.15) is 0 Å². The minimum Gasteiger partial charge on any atom is -0.478 e. The Morgan fingerprint density at radius 1 is 1.33 bits per heavy atom. The number of carboxylic acid groups (broad SMARTS) is 1. The van der Waals surface area contributed by atoms with Crippen molar-refractivity contribution in [3.63, 3.8) is 0 Å². The summed E-state index contributed by atoms with van der Waals surface area (Å²) in [6.45, 7) is 5.40. The van der Waals surface area contributed by atoms with E-state index in [1.54, 1.807) is 25.2 Å². The molecule has 0 aromatic heterocycles. The molecule has 0 fully saturated rings. The van der Waals surface area contributed by atoms with E-state index in [-0.39, 0.29) is 28.0 Å². The second-order valence-corrected chi connectivity index (χ2v) is 7.75. The average Bonchev–Trinajstić information content (AvgIpc) is 2.79. The zero-order valence-electron chi connectivity index (χ0n) is 15.4. The number of carbonyl (C=O) groups excluding carboxylic acids is 2. The molecular weight excluding hydrogens is 395 g/mol. The molecule has 0 aromatic carbocycles. The van der Waals surface area contributed by atoms with Crippen LogP contribution in [0, 0.1) is 23.7 Å². The van der Waals surface area contributed by atoms with Gasteiger partial charge in [0.1, 0.15) is 5.38 Å². The van der Waals surface area contributed by atoms with Gasteiger partial charge in [-0.3, -0.25) is 4.79 Å². The van der Waals surface area contributed by atoms with Gasteiger partial charge in [0.2, 0.25) is 5.60 Å². The molecule has 0 bridgehead atoms. The summed E-state index contributed by atoms with van der Waals surface area (Å²) in [6, 6.07) is 0. The number of Topliss-reactive ketones (excluding diaryl/α,β-unsaturated/α-hetero) is 1. The molecule has 6 atom stereocenters. The highest BCUT2D eigenvalue weighted by atomic mass is 35.5. The van der Waals surface area contributed by atoms with E-state index in [0.29, 0.717) is 0 Å². The first-order chi connectivity index (χ1) is 12.5. The van der Waals surface area contributed by atoms with Gasteiger partial charge in [-0.25, -0.2) is 9.59 Å². The Bertz CT molecular complexity index is 768. The fourth-order valence-electron chi connectivity index (χ4n) is 3.99. The van der Waals surface area contributed by atoms with Crippen LogP contribution < -0.4 is 0 Å². The number of alkyl halides is 1. The van der Waals surface area contributed by atoms with Gasteiger partial charge >= 0.3 is 11.9 Å². The summed E-state index contributed by atoms with van der Waals surface area (Å²) in [5, 5.41) is 18.8. The highest BCUT2D eigenvalue weighted by Gasteiger charge is 2.62. The molecule has 2 aliphatic carbocycles. The number of esters is 1. The SMILES string of the molecule is CC=CC1C(C(=O)O)=CC(C)C(C)C1C1=C(Cl)C(=O)C(Cl)C1(O)C(=O)OC. The number of aliphatic hydroxyl groups is 1. The highest BCUT2D eigenvalue weighted by molar-refractivity contribution is 6.52. The minimum absolute atomic E-state index is 0.0738. The van der Waals surface area contributed by atoms with E-state index in [2.05, 4.69) is 4.74 Å². The summed E-state index contributed by atoms with van der Waals surface area (Å²) in [7, 11) is 1.07. The van der Waals surface area contributed by atoms with E-state index in [9.17, 15) is 24.6 Å². The van der Waals surface area contributed by atoms with Crippen LogP contribution in [0.4, 0.5) is 0 Å². The molecule has 0 aromatic rings. The largest absolute Gasteiger partial charge is 0.478 e. The molecule has 0 aliphatic heterocycles. The molecule has 0 radical (unpaired) electrons. The van der Waals surface area contributed by atoms with Crippen molar-refractivity contribution in [3.8, 4) is 0 Å². The first-order valence-corrected chi connectivity index (χ1v) is 9.32. The van der Waals surface area contributed by atoms with Crippen LogP contribution in [0.2, 0.25) is 0 Å². The molecule has 6 nitrogen and oxygen atoms in total. The molecule has 0 amide bonds. The quantitative estimate of drug-likeness (QED) is 0.415. The van der Waals surface area contributed by atoms with Crippen molar-refractivity contribution in [1.82, 2.24) is 0 Å². The summed E-state index contributed by atoms with van der Waals surface area (Å²) >= 11 is 12.3. The predicted molar refractivity (Wildman–Crippen MR) is 100 cm³/mol. The Morgan fingerprint density at radius 2 is 1.93 bits per heavy atom. The lowest BCUT2D eigenvalue weighted by atomic mass is 9.63. The van der Waals surface area contributed by atoms with Crippen LogP contribution in [-0.2, 0) is 19.1 Å². The molecule has 0 heterocycles. The lowest BCUT2D eigenvalue weighted by Gasteiger charge is -2.42. The molecule has 27 heavy (non-hydrogen) atoms. The molecule has 8 heteroatoms. The highest BCUT2D eigenvalue weighted by Crippen LogP contribution is 2.52. The molecule has 2 N–H and O–H groups in total. The number of halogens is 2. The average molecular weight is 417 g/mol. The van der Waals surface area contributed by atoms with Crippen LogP contribution in [0.15, 0.2) is 34.4 Å². The second-order valence-electron chi connectivity index (χ2n) is 6.94. The third-order valence-corrected chi connectivity index (χ3v) is 6.43. The number of carboxylic acids is 1. The molecule has 148 valence electrons. The van der Waals surface area contributed by atoms with Gasteiger partial charge in [-0.05, 0) is 24.7 Å². The van der Waals surface area contributed by atoms with Gasteiger partial charge in [0.15, 0.2) is 5.78 Å². The van der Waals surface area contributed by atoms with Crippen LogP contribution in [0.5, 0.6) is 0 Å². The number of methoxy groups -OCH3 is 1. The summed E-state index contributed by atoms with van der Waals surface area (Å²) in [5.74, 6) is -4.87. The lowest BCUT2D eigenvalue weighted by molar-refractivity contribution is -0.159. The first kappa shape index (κ1) is 21.7. The van der Waals surface area contributed by atoms with Crippen LogP contribution in [0.25, 0.3) is 0 Å². The van der Waals surface area contributed by atoms with Gasteiger partial charge in [0, 0.05) is 17.1 Å². The molecule has 0 spiro atoms. The standard InChI is InChI=1S/C19H22Cl2O6/c1-5-6-10-11(17(23)24)7-8(2)9(3)12(10)13-14(20)15(22)16(21)19(13,26)18(25)27-4/h5-10,12,16,26H,1-4H3,(H,23,24). The van der Waals surface area contributed by atoms with Gasteiger partial charge in [-0.15, -0.1) is 11.6 Å². The number of aliphatic carboxylic acids is 1. The molecule has 0 saturated heterocycles. The summed E-state index contributed by atoms with van der Waals surface area (Å²) in [5.41, 5.74) is -2.42. The topological polar surface area (TPSA) is 101 Å². The Morgan fingerprint density at radius 3 is 2.41 bits per heavy atom. The van der Waals surface area contributed by atoms with E-state index in [4.69, 9.17) is 23.2 Å². The molecular formula is C19H22Cl2O6. The van der Waals surface area contributed by atoms with E-state index in [0.717, 1.165) is 7.11 Å². The molecule has 6 unspecified atom stereocenters. The fourth-order valence-corrected chi connectivity index (χ4v) is 4.74. The Labute approximate surface area is 167 Å². The van der Waals surface area contributed by atoms with Gasteiger partial charge < -0.3 is 14.9 Å². The number of allylic oxidation sites excluding steroid dienone is 4. The third-order valence-electron chi connectivity index (χ3n) is 5.52. The van der Waals surface area contributed by atoms with Crippen molar-refractivity contribution >= 4 is 40.9 Å². The maximum absolute atomic E-state index is 12.4. The molecule has 0 saturated carbocycles. The number of ether oxygens (including phenoxy) is 1.